The largest absolute Gasteiger partial charge is 0.366 e. The van der Waals surface area contributed by atoms with Crippen LogP contribution in [0.15, 0.2) is 48.5 Å². The molecule has 0 saturated heterocycles. The fourth-order valence-electron chi connectivity index (χ4n) is 2.02. The van der Waals surface area contributed by atoms with E-state index in [9.17, 15) is 14.4 Å². The van der Waals surface area contributed by atoms with Gasteiger partial charge in [0.05, 0.1) is 6.54 Å². The van der Waals surface area contributed by atoms with Crippen molar-refractivity contribution in [3.8, 4) is 0 Å². The van der Waals surface area contributed by atoms with Crippen LogP contribution in [0.3, 0.4) is 0 Å². The number of likely N-dealkylation sites (N-methyl/N-ethyl adjacent to an activating group) is 1. The zero-order valence-electron chi connectivity index (χ0n) is 13.0. The van der Waals surface area contributed by atoms with Gasteiger partial charge in [-0.3, -0.25) is 14.4 Å². The first-order valence-corrected chi connectivity index (χ1v) is 7.45. The van der Waals surface area contributed by atoms with Gasteiger partial charge in [0.2, 0.25) is 11.8 Å². The molecule has 24 heavy (non-hydrogen) atoms. The number of rotatable bonds is 5. The quantitative estimate of drug-likeness (QED) is 0.869. The number of nitrogens with zero attached hydrogens (tertiary/aromatic N) is 1. The number of nitrogens with two attached hydrogens (primary N) is 1. The molecule has 3 amide bonds. The van der Waals surface area contributed by atoms with Gasteiger partial charge in [0, 0.05) is 28.9 Å². The van der Waals surface area contributed by atoms with Gasteiger partial charge in [-0.25, -0.2) is 0 Å². The summed E-state index contributed by atoms with van der Waals surface area (Å²) in [4.78, 5) is 36.6. The van der Waals surface area contributed by atoms with Crippen LogP contribution in [0.25, 0.3) is 0 Å². The molecule has 0 aliphatic rings. The van der Waals surface area contributed by atoms with Crippen molar-refractivity contribution in [1.82, 2.24) is 4.90 Å². The van der Waals surface area contributed by atoms with Gasteiger partial charge < -0.3 is 16.0 Å². The molecule has 0 atom stereocenters. The molecule has 0 spiro atoms. The zero-order chi connectivity index (χ0) is 17.7. The standard InChI is InChI=1S/C17H16ClN3O3/c1-21(10-15(22)20-14-8-6-13(18)7-9-14)17(24)12-4-2-11(3-5-12)16(19)23/h2-9H,10H2,1H3,(H2,19,23)(H,20,22). The highest BCUT2D eigenvalue weighted by Gasteiger charge is 2.15. The summed E-state index contributed by atoms with van der Waals surface area (Å²) in [6, 6.07) is 12.6. The van der Waals surface area contributed by atoms with Crippen LogP contribution in [0.1, 0.15) is 20.7 Å². The predicted molar refractivity (Wildman–Crippen MR) is 92.0 cm³/mol. The van der Waals surface area contributed by atoms with Crippen molar-refractivity contribution in [2.45, 2.75) is 0 Å². The van der Waals surface area contributed by atoms with Gasteiger partial charge in [-0.15, -0.1) is 0 Å². The minimum Gasteiger partial charge on any atom is -0.366 e. The van der Waals surface area contributed by atoms with E-state index in [0.29, 0.717) is 21.8 Å². The van der Waals surface area contributed by atoms with Gasteiger partial charge in [0.15, 0.2) is 0 Å². The summed E-state index contributed by atoms with van der Waals surface area (Å²) < 4.78 is 0. The lowest BCUT2D eigenvalue weighted by atomic mass is 10.1. The number of anilines is 1. The first-order chi connectivity index (χ1) is 11.4. The Morgan fingerprint density at radius 2 is 1.54 bits per heavy atom. The van der Waals surface area contributed by atoms with Crippen LogP contribution >= 0.6 is 11.6 Å². The molecule has 0 bridgehead atoms. The first-order valence-electron chi connectivity index (χ1n) is 7.07. The second-order valence-electron chi connectivity index (χ2n) is 5.16. The van der Waals surface area contributed by atoms with Crippen LogP contribution in [-0.2, 0) is 4.79 Å². The average Bonchev–Trinajstić information content (AvgIpc) is 2.56. The summed E-state index contributed by atoms with van der Waals surface area (Å²) in [5.41, 5.74) is 6.42. The van der Waals surface area contributed by atoms with Gasteiger partial charge >= 0.3 is 0 Å². The van der Waals surface area contributed by atoms with Crippen molar-refractivity contribution in [2.24, 2.45) is 5.73 Å². The van der Waals surface area contributed by atoms with E-state index < -0.39 is 5.91 Å². The summed E-state index contributed by atoms with van der Waals surface area (Å²) in [5.74, 6) is -1.23. The number of hydrogen-bond donors (Lipinski definition) is 2. The zero-order valence-corrected chi connectivity index (χ0v) is 13.7. The van der Waals surface area contributed by atoms with Crippen molar-refractivity contribution in [3.05, 3.63) is 64.7 Å². The molecule has 0 radical (unpaired) electrons. The van der Waals surface area contributed by atoms with Crippen molar-refractivity contribution >= 4 is 35.0 Å². The second kappa shape index (κ2) is 7.61. The number of primary amides is 1. The van der Waals surface area contributed by atoms with Crippen molar-refractivity contribution in [1.29, 1.82) is 0 Å². The summed E-state index contributed by atoms with van der Waals surface area (Å²) in [5, 5.41) is 3.25. The van der Waals surface area contributed by atoms with Crippen LogP contribution in [0.4, 0.5) is 5.69 Å². The van der Waals surface area contributed by atoms with Crippen LogP contribution < -0.4 is 11.1 Å². The smallest absolute Gasteiger partial charge is 0.254 e. The summed E-state index contributed by atoms with van der Waals surface area (Å²) in [7, 11) is 1.52. The molecule has 0 aliphatic heterocycles. The minimum absolute atomic E-state index is 0.112. The number of hydrogen-bond acceptors (Lipinski definition) is 3. The molecule has 0 saturated carbocycles. The third kappa shape index (κ3) is 4.57. The molecule has 0 aromatic heterocycles. The maximum atomic E-state index is 12.3. The topological polar surface area (TPSA) is 92.5 Å². The monoisotopic (exact) mass is 345 g/mol. The van der Waals surface area contributed by atoms with Crippen LogP contribution in [0, 0.1) is 0 Å². The summed E-state index contributed by atoms with van der Waals surface area (Å²) >= 11 is 5.78. The Labute approximate surface area is 144 Å². The Hall–Kier alpha value is -2.86. The second-order valence-corrected chi connectivity index (χ2v) is 5.59. The van der Waals surface area contributed by atoms with E-state index >= 15 is 0 Å². The van der Waals surface area contributed by atoms with Crippen molar-refractivity contribution < 1.29 is 14.4 Å². The van der Waals surface area contributed by atoms with Gasteiger partial charge in [-0.05, 0) is 48.5 Å². The van der Waals surface area contributed by atoms with Crippen molar-refractivity contribution in [2.75, 3.05) is 18.9 Å². The third-order valence-electron chi connectivity index (χ3n) is 3.27. The lowest BCUT2D eigenvalue weighted by molar-refractivity contribution is -0.116. The van der Waals surface area contributed by atoms with E-state index in [1.54, 1.807) is 24.3 Å². The predicted octanol–water partition coefficient (Wildman–Crippen LogP) is 2.15. The fourth-order valence-corrected chi connectivity index (χ4v) is 2.14. The Morgan fingerprint density at radius 3 is 2.08 bits per heavy atom. The lowest BCUT2D eigenvalue weighted by Gasteiger charge is -2.17. The van der Waals surface area contributed by atoms with Crippen LogP contribution in [0.2, 0.25) is 5.02 Å². The van der Waals surface area contributed by atoms with E-state index in [4.69, 9.17) is 17.3 Å². The highest BCUT2D eigenvalue weighted by molar-refractivity contribution is 6.30. The van der Waals surface area contributed by atoms with Gasteiger partial charge in [0.25, 0.3) is 5.91 Å². The Bertz CT molecular complexity index is 758. The Kier molecular flexibility index (Phi) is 5.55. The van der Waals surface area contributed by atoms with Crippen LogP contribution in [-0.4, -0.2) is 36.2 Å². The molecule has 3 N–H and O–H groups in total. The van der Waals surface area contributed by atoms with E-state index in [1.165, 1.54) is 36.2 Å². The summed E-state index contributed by atoms with van der Waals surface area (Å²) in [6.45, 7) is -0.112. The molecule has 0 heterocycles. The molecule has 0 aliphatic carbocycles. The number of carbonyl (C=O) groups excluding carboxylic acids is 3. The fraction of sp³-hybridized carbons (Fsp3) is 0.118. The normalized spacial score (nSPS) is 10.1. The molecule has 2 rings (SSSR count). The maximum absolute atomic E-state index is 12.3. The average molecular weight is 346 g/mol. The maximum Gasteiger partial charge on any atom is 0.254 e. The molecule has 124 valence electrons. The molecule has 7 heteroatoms. The van der Waals surface area contributed by atoms with E-state index in [0.717, 1.165) is 0 Å². The SMILES string of the molecule is CN(CC(=O)Nc1ccc(Cl)cc1)C(=O)c1ccc(C(N)=O)cc1. The Morgan fingerprint density at radius 1 is 1.00 bits per heavy atom. The van der Waals surface area contributed by atoms with E-state index in [1.807, 2.05) is 0 Å². The molecular weight excluding hydrogens is 330 g/mol. The van der Waals surface area contributed by atoms with Gasteiger partial charge in [-0.2, -0.15) is 0 Å². The molecule has 2 aromatic carbocycles. The summed E-state index contributed by atoms with van der Waals surface area (Å²) in [6.07, 6.45) is 0. The molecule has 2 aromatic rings. The minimum atomic E-state index is -0.565. The van der Waals surface area contributed by atoms with Gasteiger partial charge in [-0.1, -0.05) is 11.6 Å². The van der Waals surface area contributed by atoms with E-state index in [-0.39, 0.29) is 18.4 Å². The number of halogens is 1. The molecular formula is C17H16ClN3O3. The third-order valence-corrected chi connectivity index (χ3v) is 3.52. The molecule has 6 nitrogen and oxygen atoms in total. The van der Waals surface area contributed by atoms with Crippen molar-refractivity contribution in [3.63, 3.8) is 0 Å². The number of benzene rings is 2. The van der Waals surface area contributed by atoms with Crippen LogP contribution in [0.5, 0.6) is 0 Å². The van der Waals surface area contributed by atoms with E-state index in [2.05, 4.69) is 5.32 Å². The number of carbonyl (C=O) groups is 3. The first kappa shape index (κ1) is 17.5. The highest BCUT2D eigenvalue weighted by atomic mass is 35.5. The lowest BCUT2D eigenvalue weighted by Crippen LogP contribution is -2.34. The number of amides is 3. The highest BCUT2D eigenvalue weighted by Crippen LogP contribution is 2.13. The Balaban J connectivity index is 1.96. The molecule has 0 unspecified atom stereocenters. The number of nitrogens with one attached hydrogen (secondary N) is 1. The molecule has 0 fully saturated rings. The van der Waals surface area contributed by atoms with Gasteiger partial charge in [0.1, 0.15) is 0 Å².